The molecule has 0 aliphatic carbocycles. The molecule has 0 saturated heterocycles. The Bertz CT molecular complexity index is 690. The second kappa shape index (κ2) is 5.02. The van der Waals surface area contributed by atoms with E-state index in [9.17, 15) is 8.42 Å². The molecule has 20 heavy (non-hydrogen) atoms. The summed E-state index contributed by atoms with van der Waals surface area (Å²) >= 11 is 0. The topological polar surface area (TPSA) is 73.0 Å². The maximum Gasteiger partial charge on any atom is 0.211 e. The van der Waals surface area contributed by atoms with Crippen molar-refractivity contribution < 1.29 is 8.42 Å². The average Bonchev–Trinajstić information content (AvgIpc) is 2.94. The summed E-state index contributed by atoms with van der Waals surface area (Å²) in [5.74, 6) is 0. The number of hydrogen-bond donors (Lipinski definition) is 0. The second-order valence-corrected chi connectivity index (χ2v) is 6.97. The Morgan fingerprint density at radius 3 is 2.90 bits per heavy atom. The molecule has 0 saturated carbocycles. The van der Waals surface area contributed by atoms with Gasteiger partial charge in [-0.2, -0.15) is 9.40 Å². The summed E-state index contributed by atoms with van der Waals surface area (Å²) in [4.78, 5) is 4.41. The highest BCUT2D eigenvalue weighted by Crippen LogP contribution is 2.18. The van der Waals surface area contributed by atoms with E-state index in [2.05, 4.69) is 10.1 Å². The van der Waals surface area contributed by atoms with Crippen LogP contribution in [-0.4, -0.2) is 44.9 Å². The van der Waals surface area contributed by atoms with Crippen molar-refractivity contribution in [2.45, 2.75) is 26.1 Å². The maximum absolute atomic E-state index is 11.8. The van der Waals surface area contributed by atoms with Crippen molar-refractivity contribution >= 4 is 10.0 Å². The van der Waals surface area contributed by atoms with E-state index in [0.717, 1.165) is 24.4 Å². The van der Waals surface area contributed by atoms with Gasteiger partial charge in [-0.3, -0.25) is 4.68 Å². The average molecular weight is 295 g/mol. The number of nitrogens with zero attached hydrogens (tertiary/aromatic N) is 5. The first-order valence-electron chi connectivity index (χ1n) is 6.49. The third-order valence-electron chi connectivity index (χ3n) is 3.51. The largest absolute Gasteiger partial charge is 0.333 e. The van der Waals surface area contributed by atoms with E-state index >= 15 is 0 Å². The molecule has 108 valence electrons. The Labute approximate surface area is 117 Å². The zero-order chi connectivity index (χ0) is 14.2. The fraction of sp³-hybridized carbons (Fsp3) is 0.500. The van der Waals surface area contributed by atoms with Gasteiger partial charge in [0, 0.05) is 25.5 Å². The van der Waals surface area contributed by atoms with E-state index in [1.54, 1.807) is 17.2 Å². The van der Waals surface area contributed by atoms with Gasteiger partial charge in [0.15, 0.2) is 0 Å². The first-order valence-corrected chi connectivity index (χ1v) is 8.34. The zero-order valence-electron chi connectivity index (χ0n) is 11.3. The molecule has 2 aromatic rings. The lowest BCUT2D eigenvalue weighted by atomic mass is 10.3. The lowest BCUT2D eigenvalue weighted by Gasteiger charge is -2.17. The van der Waals surface area contributed by atoms with Gasteiger partial charge in [-0.25, -0.2) is 13.4 Å². The number of sulfonamides is 1. The van der Waals surface area contributed by atoms with Crippen molar-refractivity contribution in [1.82, 2.24) is 23.6 Å². The number of aromatic nitrogens is 4. The lowest BCUT2D eigenvalue weighted by Crippen LogP contribution is -2.30. The monoisotopic (exact) mass is 295 g/mol. The van der Waals surface area contributed by atoms with Crippen molar-refractivity contribution in [3.05, 3.63) is 36.2 Å². The van der Waals surface area contributed by atoms with Crippen molar-refractivity contribution in [1.29, 1.82) is 0 Å². The van der Waals surface area contributed by atoms with E-state index < -0.39 is 10.0 Å². The molecule has 0 fully saturated rings. The fourth-order valence-electron chi connectivity index (χ4n) is 2.45. The summed E-state index contributed by atoms with van der Waals surface area (Å²) in [6.45, 7) is 2.30. The predicted octanol–water partition coefficient (Wildman–Crippen LogP) is 0.293. The molecule has 3 rings (SSSR count). The zero-order valence-corrected chi connectivity index (χ0v) is 12.1. The molecule has 1 aliphatic rings. The summed E-state index contributed by atoms with van der Waals surface area (Å²) < 4.78 is 28.9. The highest BCUT2D eigenvalue weighted by molar-refractivity contribution is 7.88. The molecule has 7 nitrogen and oxygen atoms in total. The molecule has 0 spiro atoms. The van der Waals surface area contributed by atoms with Gasteiger partial charge in [0.05, 0.1) is 37.1 Å². The van der Waals surface area contributed by atoms with E-state index in [1.807, 2.05) is 16.8 Å². The quantitative estimate of drug-likeness (QED) is 0.816. The molecule has 0 unspecified atom stereocenters. The standard InChI is InChI=1S/C12H17N5O2S/c1-20(18,19)17-7-3-5-15-10-13-11(12(15)9-17)8-16-6-2-4-14-16/h2,4,6,10H,3,5,7-9H2,1H3. The molecule has 0 amide bonds. The molecule has 1 aliphatic heterocycles. The van der Waals surface area contributed by atoms with Crippen LogP contribution >= 0.6 is 0 Å². The molecule has 2 aromatic heterocycles. The van der Waals surface area contributed by atoms with E-state index in [4.69, 9.17) is 0 Å². The third-order valence-corrected chi connectivity index (χ3v) is 4.76. The van der Waals surface area contributed by atoms with Crippen LogP contribution in [-0.2, 0) is 29.7 Å². The number of hydrogen-bond acceptors (Lipinski definition) is 4. The van der Waals surface area contributed by atoms with Crippen LogP contribution in [0, 0.1) is 0 Å². The first-order chi connectivity index (χ1) is 9.54. The molecular weight excluding hydrogens is 278 g/mol. The molecule has 0 bridgehead atoms. The normalized spacial score (nSPS) is 16.9. The van der Waals surface area contributed by atoms with Gasteiger partial charge in [0.2, 0.25) is 10.0 Å². The molecule has 0 aromatic carbocycles. The van der Waals surface area contributed by atoms with Gasteiger partial charge in [-0.1, -0.05) is 0 Å². The van der Waals surface area contributed by atoms with Crippen LogP contribution in [0.2, 0.25) is 0 Å². The summed E-state index contributed by atoms with van der Waals surface area (Å²) in [7, 11) is -3.18. The Kier molecular flexibility index (Phi) is 3.35. The minimum absolute atomic E-state index is 0.384. The van der Waals surface area contributed by atoms with Crippen LogP contribution in [0.15, 0.2) is 24.8 Å². The summed E-state index contributed by atoms with van der Waals surface area (Å²) in [5.41, 5.74) is 1.84. The Hall–Kier alpha value is -1.67. The number of aryl methyl sites for hydroxylation is 1. The van der Waals surface area contributed by atoms with Crippen molar-refractivity contribution in [2.75, 3.05) is 12.8 Å². The van der Waals surface area contributed by atoms with Crippen molar-refractivity contribution in [2.24, 2.45) is 0 Å². The third kappa shape index (κ3) is 2.61. The van der Waals surface area contributed by atoms with Crippen LogP contribution < -0.4 is 0 Å². The molecule has 0 atom stereocenters. The van der Waals surface area contributed by atoms with E-state index in [0.29, 0.717) is 19.6 Å². The summed E-state index contributed by atoms with van der Waals surface area (Å²) in [6, 6.07) is 1.86. The Morgan fingerprint density at radius 1 is 1.35 bits per heavy atom. The van der Waals surface area contributed by atoms with Gasteiger partial charge >= 0.3 is 0 Å². The van der Waals surface area contributed by atoms with Crippen molar-refractivity contribution in [3.63, 3.8) is 0 Å². The molecular formula is C12H17N5O2S. The molecule has 0 radical (unpaired) electrons. The highest BCUT2D eigenvalue weighted by Gasteiger charge is 2.24. The molecule has 3 heterocycles. The number of rotatable bonds is 3. The minimum Gasteiger partial charge on any atom is -0.333 e. The van der Waals surface area contributed by atoms with Crippen LogP contribution in [0.4, 0.5) is 0 Å². The predicted molar refractivity (Wildman–Crippen MR) is 73.4 cm³/mol. The van der Waals surface area contributed by atoms with Gasteiger partial charge in [0.25, 0.3) is 0 Å². The highest BCUT2D eigenvalue weighted by atomic mass is 32.2. The lowest BCUT2D eigenvalue weighted by molar-refractivity contribution is 0.412. The summed E-state index contributed by atoms with van der Waals surface area (Å²) in [6.07, 6.45) is 7.44. The second-order valence-electron chi connectivity index (χ2n) is 4.99. The summed E-state index contributed by atoms with van der Waals surface area (Å²) in [5, 5.41) is 4.17. The number of imidazole rings is 1. The smallest absolute Gasteiger partial charge is 0.211 e. The van der Waals surface area contributed by atoms with Gasteiger partial charge in [-0.05, 0) is 12.5 Å². The minimum atomic E-state index is -3.18. The van der Waals surface area contributed by atoms with Gasteiger partial charge < -0.3 is 4.57 Å². The fourth-order valence-corrected chi connectivity index (χ4v) is 3.27. The van der Waals surface area contributed by atoms with Crippen LogP contribution in [0.1, 0.15) is 17.8 Å². The van der Waals surface area contributed by atoms with Crippen molar-refractivity contribution in [3.8, 4) is 0 Å². The van der Waals surface area contributed by atoms with Crippen LogP contribution in [0.3, 0.4) is 0 Å². The maximum atomic E-state index is 11.8. The van der Waals surface area contributed by atoms with E-state index in [-0.39, 0.29) is 0 Å². The van der Waals surface area contributed by atoms with Crippen LogP contribution in [0.25, 0.3) is 0 Å². The Balaban J connectivity index is 1.91. The van der Waals surface area contributed by atoms with Gasteiger partial charge in [0.1, 0.15) is 0 Å². The Morgan fingerprint density at radius 2 is 2.20 bits per heavy atom. The van der Waals surface area contributed by atoms with Crippen LogP contribution in [0.5, 0.6) is 0 Å². The van der Waals surface area contributed by atoms with Gasteiger partial charge in [-0.15, -0.1) is 0 Å². The SMILES string of the molecule is CS(=O)(=O)N1CCCn2cnc(Cn3cccn3)c2C1. The first kappa shape index (κ1) is 13.3. The molecule has 0 N–H and O–H groups in total. The van der Waals surface area contributed by atoms with E-state index in [1.165, 1.54) is 10.6 Å². The number of fused-ring (bicyclic) bond motifs is 1. The molecule has 8 heteroatoms.